The van der Waals surface area contributed by atoms with Crippen molar-refractivity contribution in [1.29, 1.82) is 0 Å². The lowest BCUT2D eigenvalue weighted by molar-refractivity contribution is -0.121. The Morgan fingerprint density at radius 3 is 2.70 bits per heavy atom. The van der Waals surface area contributed by atoms with E-state index in [1.807, 2.05) is 0 Å². The van der Waals surface area contributed by atoms with Crippen LogP contribution in [0.2, 0.25) is 5.02 Å². The lowest BCUT2D eigenvalue weighted by Gasteiger charge is -2.05. The monoisotopic (exact) mass is 314 g/mol. The van der Waals surface area contributed by atoms with Crippen LogP contribution < -0.4 is 5.43 Å². The summed E-state index contributed by atoms with van der Waals surface area (Å²) in [5.74, 6) is -0.0802. The highest BCUT2D eigenvalue weighted by atomic mass is 35.5. The molecule has 0 bridgehead atoms. The van der Waals surface area contributed by atoms with E-state index in [9.17, 15) is 13.2 Å². The maximum absolute atomic E-state index is 11.6. The molecule has 0 spiro atoms. The van der Waals surface area contributed by atoms with E-state index < -0.39 is 9.84 Å². The Balaban J connectivity index is 1.79. The summed E-state index contributed by atoms with van der Waals surface area (Å²) in [5, 5.41) is 4.47. The number of benzene rings is 1. The van der Waals surface area contributed by atoms with Gasteiger partial charge in [0.05, 0.1) is 17.7 Å². The average Bonchev–Trinajstić information content (AvgIpc) is 2.71. The molecule has 1 aliphatic rings. The first-order valence-electron chi connectivity index (χ1n) is 6.22. The molecule has 5 nitrogen and oxygen atoms in total. The third-order valence-corrected chi connectivity index (χ3v) is 5.16. The molecule has 0 aliphatic carbocycles. The zero-order valence-corrected chi connectivity index (χ0v) is 12.3. The summed E-state index contributed by atoms with van der Waals surface area (Å²) in [7, 11) is -2.94. The highest BCUT2D eigenvalue weighted by molar-refractivity contribution is 7.91. The summed E-state index contributed by atoms with van der Waals surface area (Å²) in [4.78, 5) is 11.6. The van der Waals surface area contributed by atoms with E-state index in [-0.39, 0.29) is 29.8 Å². The van der Waals surface area contributed by atoms with Crippen LogP contribution >= 0.6 is 11.6 Å². The lowest BCUT2D eigenvalue weighted by atomic mass is 10.1. The van der Waals surface area contributed by atoms with Gasteiger partial charge >= 0.3 is 0 Å². The molecule has 1 N–H and O–H groups in total. The summed E-state index contributed by atoms with van der Waals surface area (Å²) >= 11 is 5.75. The Labute approximate surface area is 122 Å². The van der Waals surface area contributed by atoms with Crippen molar-refractivity contribution in [2.24, 2.45) is 11.0 Å². The second-order valence-corrected chi connectivity index (χ2v) is 7.48. The molecule has 0 aromatic heterocycles. The van der Waals surface area contributed by atoms with Crippen LogP contribution in [0.4, 0.5) is 0 Å². The normalized spacial score (nSPS) is 21.1. The average molecular weight is 315 g/mol. The summed E-state index contributed by atoms with van der Waals surface area (Å²) in [6.07, 6.45) is 2.26. The van der Waals surface area contributed by atoms with Crippen LogP contribution in [0.3, 0.4) is 0 Å². The maximum atomic E-state index is 11.6. The van der Waals surface area contributed by atoms with Crippen LogP contribution in [0.1, 0.15) is 18.4 Å². The molecule has 20 heavy (non-hydrogen) atoms. The molecule has 108 valence electrons. The highest BCUT2D eigenvalue weighted by Crippen LogP contribution is 2.21. The Morgan fingerprint density at radius 1 is 1.40 bits per heavy atom. The Kier molecular flexibility index (Phi) is 4.77. The zero-order valence-electron chi connectivity index (χ0n) is 10.8. The number of nitrogens with one attached hydrogen (secondary N) is 1. The number of halogens is 1. The highest BCUT2D eigenvalue weighted by Gasteiger charge is 2.29. The maximum Gasteiger partial charge on any atom is 0.240 e. The van der Waals surface area contributed by atoms with Gasteiger partial charge in [0, 0.05) is 11.4 Å². The largest absolute Gasteiger partial charge is 0.273 e. The van der Waals surface area contributed by atoms with Gasteiger partial charge in [-0.15, -0.1) is 0 Å². The number of rotatable bonds is 4. The fraction of sp³-hybridized carbons (Fsp3) is 0.385. The Hall–Kier alpha value is -1.40. The quantitative estimate of drug-likeness (QED) is 0.677. The minimum atomic E-state index is -2.94. The summed E-state index contributed by atoms with van der Waals surface area (Å²) in [6.45, 7) is 0. The minimum absolute atomic E-state index is 0.0919. The molecule has 2 rings (SSSR count). The molecule has 1 aromatic rings. The Bertz CT molecular complexity index is 611. The van der Waals surface area contributed by atoms with E-state index in [4.69, 9.17) is 11.6 Å². The fourth-order valence-electron chi connectivity index (χ4n) is 2.07. The predicted octanol–water partition coefficient (Wildman–Crippen LogP) is 1.61. The SMILES string of the molecule is O=C(C[C@@H]1CCS(=O)(=O)C1)N/N=C\c1ccc(Cl)cc1. The number of carbonyl (C=O) groups is 1. The van der Waals surface area contributed by atoms with Crippen LogP contribution in [0, 0.1) is 5.92 Å². The van der Waals surface area contributed by atoms with Gasteiger partial charge < -0.3 is 0 Å². The topological polar surface area (TPSA) is 75.6 Å². The molecule has 0 radical (unpaired) electrons. The first-order chi connectivity index (χ1) is 9.44. The van der Waals surface area contributed by atoms with Gasteiger partial charge in [-0.3, -0.25) is 4.79 Å². The second-order valence-electron chi connectivity index (χ2n) is 4.82. The van der Waals surface area contributed by atoms with Gasteiger partial charge in [0.25, 0.3) is 0 Å². The van der Waals surface area contributed by atoms with Crippen LogP contribution in [0.15, 0.2) is 29.4 Å². The summed E-state index contributed by atoms with van der Waals surface area (Å²) < 4.78 is 22.6. The van der Waals surface area contributed by atoms with Crippen LogP contribution in [0.5, 0.6) is 0 Å². The standard InChI is InChI=1S/C13H15ClN2O3S/c14-12-3-1-10(2-4-12)8-15-16-13(17)7-11-5-6-20(18,19)9-11/h1-4,8,11H,5-7,9H2,(H,16,17)/b15-8-/t11-/m0/s1. The molecular weight excluding hydrogens is 300 g/mol. The Morgan fingerprint density at radius 2 is 2.10 bits per heavy atom. The molecule has 1 aliphatic heterocycles. The number of sulfone groups is 1. The number of amides is 1. The molecule has 1 saturated heterocycles. The number of hydrogen-bond donors (Lipinski definition) is 1. The van der Waals surface area contributed by atoms with E-state index in [1.165, 1.54) is 6.21 Å². The third kappa shape index (κ3) is 4.61. The van der Waals surface area contributed by atoms with Crippen molar-refractivity contribution in [2.45, 2.75) is 12.8 Å². The van der Waals surface area contributed by atoms with Gasteiger partial charge in [-0.2, -0.15) is 5.10 Å². The third-order valence-electron chi connectivity index (χ3n) is 3.07. The van der Waals surface area contributed by atoms with Crippen molar-refractivity contribution in [3.8, 4) is 0 Å². The van der Waals surface area contributed by atoms with Crippen LogP contribution in [-0.4, -0.2) is 32.0 Å². The van der Waals surface area contributed by atoms with Gasteiger partial charge in [0.15, 0.2) is 9.84 Å². The van der Waals surface area contributed by atoms with Gasteiger partial charge in [0.2, 0.25) is 5.91 Å². The van der Waals surface area contributed by atoms with E-state index in [2.05, 4.69) is 10.5 Å². The molecular formula is C13H15ClN2O3S. The van der Waals surface area contributed by atoms with Crippen molar-refractivity contribution in [2.75, 3.05) is 11.5 Å². The number of hydrogen-bond acceptors (Lipinski definition) is 4. The molecule has 1 amide bonds. The molecule has 1 fully saturated rings. The smallest absolute Gasteiger partial charge is 0.240 e. The second kappa shape index (κ2) is 6.37. The zero-order chi connectivity index (χ0) is 14.6. The van der Waals surface area contributed by atoms with Crippen LogP contribution in [0.25, 0.3) is 0 Å². The van der Waals surface area contributed by atoms with Gasteiger partial charge in [0.1, 0.15) is 0 Å². The number of carbonyl (C=O) groups excluding carboxylic acids is 1. The lowest BCUT2D eigenvalue weighted by Crippen LogP contribution is -2.21. The van der Waals surface area contributed by atoms with Gasteiger partial charge in [-0.05, 0) is 30.0 Å². The van der Waals surface area contributed by atoms with Gasteiger partial charge in [-0.25, -0.2) is 13.8 Å². The summed E-state index contributed by atoms with van der Waals surface area (Å²) in [5.41, 5.74) is 3.22. The molecule has 0 saturated carbocycles. The van der Waals surface area contributed by atoms with E-state index in [0.717, 1.165) is 5.56 Å². The van der Waals surface area contributed by atoms with Crippen molar-refractivity contribution in [3.05, 3.63) is 34.9 Å². The van der Waals surface area contributed by atoms with E-state index >= 15 is 0 Å². The molecule has 1 atom stereocenters. The van der Waals surface area contributed by atoms with E-state index in [0.29, 0.717) is 11.4 Å². The molecule has 1 heterocycles. The minimum Gasteiger partial charge on any atom is -0.273 e. The van der Waals surface area contributed by atoms with E-state index in [1.54, 1.807) is 24.3 Å². The predicted molar refractivity (Wildman–Crippen MR) is 78.6 cm³/mol. The molecule has 7 heteroatoms. The van der Waals surface area contributed by atoms with Crippen molar-refractivity contribution >= 4 is 33.6 Å². The number of nitrogens with zero attached hydrogens (tertiary/aromatic N) is 1. The summed E-state index contributed by atoms with van der Waals surface area (Å²) in [6, 6.07) is 7.02. The molecule has 1 aromatic carbocycles. The first kappa shape index (κ1) is 15.0. The fourth-order valence-corrected chi connectivity index (χ4v) is 4.06. The van der Waals surface area contributed by atoms with Crippen molar-refractivity contribution in [3.63, 3.8) is 0 Å². The number of hydrazone groups is 1. The van der Waals surface area contributed by atoms with Crippen molar-refractivity contribution in [1.82, 2.24) is 5.43 Å². The van der Waals surface area contributed by atoms with Crippen LogP contribution in [-0.2, 0) is 14.6 Å². The first-order valence-corrected chi connectivity index (χ1v) is 8.42. The molecule has 0 unspecified atom stereocenters. The van der Waals surface area contributed by atoms with Gasteiger partial charge in [-0.1, -0.05) is 23.7 Å². The van der Waals surface area contributed by atoms with Crippen molar-refractivity contribution < 1.29 is 13.2 Å².